The van der Waals surface area contributed by atoms with E-state index in [1.165, 1.54) is 25.7 Å². The number of rotatable bonds is 7. The number of nitrogens with one attached hydrogen (secondary N) is 2. The van der Waals surface area contributed by atoms with Gasteiger partial charge in [0.25, 0.3) is 0 Å². The van der Waals surface area contributed by atoms with Crippen molar-refractivity contribution in [3.05, 3.63) is 0 Å². The Balaban J connectivity index is 2.06. The van der Waals surface area contributed by atoms with E-state index in [1.807, 2.05) is 0 Å². The standard InChI is InChI=1S/C12H24N2O2/c1-10(11-5-3-4-6-11)14-9-12(15)13-7-8-16-2/h10-11,14H,3-9H2,1-2H3,(H,13,15)/t10-/m1/s1. The van der Waals surface area contributed by atoms with Crippen LogP contribution in [-0.4, -0.2) is 38.8 Å². The van der Waals surface area contributed by atoms with E-state index in [9.17, 15) is 4.79 Å². The monoisotopic (exact) mass is 228 g/mol. The van der Waals surface area contributed by atoms with Crippen molar-refractivity contribution in [3.8, 4) is 0 Å². The molecule has 1 atom stereocenters. The molecule has 1 amide bonds. The van der Waals surface area contributed by atoms with Crippen LogP contribution < -0.4 is 10.6 Å². The molecule has 16 heavy (non-hydrogen) atoms. The van der Waals surface area contributed by atoms with Gasteiger partial charge in [-0.15, -0.1) is 0 Å². The molecule has 4 heteroatoms. The van der Waals surface area contributed by atoms with Crippen LogP contribution in [0.3, 0.4) is 0 Å². The number of hydrogen-bond acceptors (Lipinski definition) is 3. The Bertz CT molecular complexity index is 203. The van der Waals surface area contributed by atoms with E-state index < -0.39 is 0 Å². The van der Waals surface area contributed by atoms with Crippen molar-refractivity contribution in [1.29, 1.82) is 0 Å². The fourth-order valence-electron chi connectivity index (χ4n) is 2.23. The first kappa shape index (κ1) is 13.5. The van der Waals surface area contributed by atoms with Gasteiger partial charge in [0, 0.05) is 19.7 Å². The highest BCUT2D eigenvalue weighted by Crippen LogP contribution is 2.27. The number of ether oxygens (including phenoxy) is 1. The van der Waals surface area contributed by atoms with Gasteiger partial charge < -0.3 is 15.4 Å². The Morgan fingerprint density at radius 3 is 2.75 bits per heavy atom. The third-order valence-electron chi connectivity index (χ3n) is 3.32. The normalized spacial score (nSPS) is 18.6. The summed E-state index contributed by atoms with van der Waals surface area (Å²) in [7, 11) is 1.63. The average molecular weight is 228 g/mol. The molecule has 0 aromatic heterocycles. The summed E-state index contributed by atoms with van der Waals surface area (Å²) in [6.45, 7) is 3.76. The van der Waals surface area contributed by atoms with Gasteiger partial charge in [0.1, 0.15) is 0 Å². The van der Waals surface area contributed by atoms with Crippen molar-refractivity contribution in [3.63, 3.8) is 0 Å². The fraction of sp³-hybridized carbons (Fsp3) is 0.917. The summed E-state index contributed by atoms with van der Waals surface area (Å²) in [5.74, 6) is 0.814. The topological polar surface area (TPSA) is 50.4 Å². The predicted molar refractivity (Wildman–Crippen MR) is 64.3 cm³/mol. The summed E-state index contributed by atoms with van der Waals surface area (Å²) in [4.78, 5) is 11.4. The Morgan fingerprint density at radius 1 is 1.44 bits per heavy atom. The average Bonchev–Trinajstić information content (AvgIpc) is 2.79. The van der Waals surface area contributed by atoms with Gasteiger partial charge in [-0.1, -0.05) is 12.8 Å². The fourth-order valence-corrected chi connectivity index (χ4v) is 2.23. The molecule has 1 rings (SSSR count). The van der Waals surface area contributed by atoms with Crippen molar-refractivity contribution >= 4 is 5.91 Å². The van der Waals surface area contributed by atoms with Gasteiger partial charge in [-0.2, -0.15) is 0 Å². The molecule has 2 N–H and O–H groups in total. The summed E-state index contributed by atoms with van der Waals surface area (Å²) >= 11 is 0. The van der Waals surface area contributed by atoms with Crippen LogP contribution in [0.5, 0.6) is 0 Å². The van der Waals surface area contributed by atoms with Crippen LogP contribution in [0.15, 0.2) is 0 Å². The van der Waals surface area contributed by atoms with Crippen LogP contribution in [0.2, 0.25) is 0 Å². The molecule has 1 aliphatic carbocycles. The third-order valence-corrected chi connectivity index (χ3v) is 3.32. The lowest BCUT2D eigenvalue weighted by molar-refractivity contribution is -0.120. The van der Waals surface area contributed by atoms with E-state index >= 15 is 0 Å². The Morgan fingerprint density at radius 2 is 2.12 bits per heavy atom. The molecule has 1 aliphatic rings. The SMILES string of the molecule is COCCNC(=O)CN[C@H](C)C1CCCC1. The summed E-state index contributed by atoms with van der Waals surface area (Å²) in [5.41, 5.74) is 0. The molecular formula is C12H24N2O2. The molecule has 0 saturated heterocycles. The maximum atomic E-state index is 11.4. The number of amides is 1. The van der Waals surface area contributed by atoms with Gasteiger partial charge in [0.05, 0.1) is 13.2 Å². The first-order valence-corrected chi connectivity index (χ1v) is 6.23. The number of carbonyl (C=O) groups is 1. The molecule has 0 unspecified atom stereocenters. The van der Waals surface area contributed by atoms with Crippen LogP contribution in [-0.2, 0) is 9.53 Å². The largest absolute Gasteiger partial charge is 0.383 e. The molecule has 0 aliphatic heterocycles. The smallest absolute Gasteiger partial charge is 0.234 e. The highest BCUT2D eigenvalue weighted by molar-refractivity contribution is 5.77. The lowest BCUT2D eigenvalue weighted by Gasteiger charge is -2.20. The molecule has 94 valence electrons. The van der Waals surface area contributed by atoms with E-state index in [1.54, 1.807) is 7.11 Å². The molecule has 0 spiro atoms. The maximum Gasteiger partial charge on any atom is 0.234 e. The van der Waals surface area contributed by atoms with Gasteiger partial charge in [0.15, 0.2) is 0 Å². The van der Waals surface area contributed by atoms with Crippen LogP contribution in [0.1, 0.15) is 32.6 Å². The molecule has 0 aromatic rings. The Labute approximate surface area is 98.1 Å². The van der Waals surface area contributed by atoms with Crippen molar-refractivity contribution < 1.29 is 9.53 Å². The van der Waals surface area contributed by atoms with Crippen LogP contribution in [0, 0.1) is 5.92 Å². The highest BCUT2D eigenvalue weighted by atomic mass is 16.5. The number of methoxy groups -OCH3 is 1. The van der Waals surface area contributed by atoms with Crippen LogP contribution in [0.25, 0.3) is 0 Å². The number of carbonyl (C=O) groups excluding carboxylic acids is 1. The minimum absolute atomic E-state index is 0.0573. The summed E-state index contributed by atoms with van der Waals surface area (Å²) < 4.78 is 4.86. The van der Waals surface area contributed by atoms with E-state index in [4.69, 9.17) is 4.74 Å². The van der Waals surface area contributed by atoms with E-state index in [0.717, 1.165) is 5.92 Å². The molecule has 0 bridgehead atoms. The van der Waals surface area contributed by atoms with Crippen LogP contribution in [0.4, 0.5) is 0 Å². The lowest BCUT2D eigenvalue weighted by Crippen LogP contribution is -2.41. The Kier molecular flexibility index (Phi) is 6.42. The molecule has 0 heterocycles. The highest BCUT2D eigenvalue weighted by Gasteiger charge is 2.21. The summed E-state index contributed by atoms with van der Waals surface area (Å²) in [6, 6.07) is 0.454. The molecule has 1 saturated carbocycles. The zero-order valence-corrected chi connectivity index (χ0v) is 10.4. The molecule has 1 fully saturated rings. The first-order valence-electron chi connectivity index (χ1n) is 6.23. The Hall–Kier alpha value is -0.610. The second-order valence-corrected chi connectivity index (χ2v) is 4.56. The van der Waals surface area contributed by atoms with Crippen LogP contribution >= 0.6 is 0 Å². The first-order chi connectivity index (χ1) is 7.74. The quantitative estimate of drug-likeness (QED) is 0.637. The van der Waals surface area contributed by atoms with Crippen molar-refractivity contribution in [2.45, 2.75) is 38.6 Å². The summed E-state index contributed by atoms with van der Waals surface area (Å²) in [5, 5.41) is 6.10. The van der Waals surface area contributed by atoms with Gasteiger partial charge >= 0.3 is 0 Å². The van der Waals surface area contributed by atoms with Crippen molar-refractivity contribution in [2.75, 3.05) is 26.8 Å². The minimum atomic E-state index is 0.0573. The lowest BCUT2D eigenvalue weighted by atomic mass is 10.00. The zero-order valence-electron chi connectivity index (χ0n) is 10.4. The second kappa shape index (κ2) is 7.63. The van der Waals surface area contributed by atoms with E-state index in [0.29, 0.717) is 25.7 Å². The molecule has 0 aromatic carbocycles. The summed E-state index contributed by atoms with van der Waals surface area (Å²) in [6.07, 6.45) is 5.30. The van der Waals surface area contributed by atoms with Gasteiger partial charge in [-0.25, -0.2) is 0 Å². The maximum absolute atomic E-state index is 11.4. The minimum Gasteiger partial charge on any atom is -0.383 e. The van der Waals surface area contributed by atoms with E-state index in [2.05, 4.69) is 17.6 Å². The molecular weight excluding hydrogens is 204 g/mol. The van der Waals surface area contributed by atoms with Crippen molar-refractivity contribution in [2.24, 2.45) is 5.92 Å². The van der Waals surface area contributed by atoms with Crippen molar-refractivity contribution in [1.82, 2.24) is 10.6 Å². The van der Waals surface area contributed by atoms with Gasteiger partial charge in [-0.05, 0) is 25.7 Å². The molecule has 0 radical (unpaired) electrons. The molecule has 4 nitrogen and oxygen atoms in total. The van der Waals surface area contributed by atoms with E-state index in [-0.39, 0.29) is 5.91 Å². The third kappa shape index (κ3) is 4.94. The van der Waals surface area contributed by atoms with Gasteiger partial charge in [-0.3, -0.25) is 4.79 Å². The zero-order chi connectivity index (χ0) is 11.8. The predicted octanol–water partition coefficient (Wildman–Crippen LogP) is 0.917. The number of hydrogen-bond donors (Lipinski definition) is 2. The second-order valence-electron chi connectivity index (χ2n) is 4.56. The van der Waals surface area contributed by atoms with Gasteiger partial charge in [0.2, 0.25) is 5.91 Å².